The van der Waals surface area contributed by atoms with E-state index in [1.807, 2.05) is 13.0 Å². The lowest BCUT2D eigenvalue weighted by atomic mass is 10.3. The zero-order chi connectivity index (χ0) is 12.2. The van der Waals surface area contributed by atoms with E-state index in [1.165, 1.54) is 6.26 Å². The molecule has 90 valence electrons. The topological polar surface area (TPSA) is 59.1 Å². The molecule has 0 saturated heterocycles. The summed E-state index contributed by atoms with van der Waals surface area (Å²) in [6.45, 7) is 2.59. The van der Waals surface area contributed by atoms with E-state index in [9.17, 15) is 8.42 Å². The van der Waals surface area contributed by atoms with E-state index in [-0.39, 0.29) is 5.75 Å². The molecule has 1 aromatic rings. The van der Waals surface area contributed by atoms with Gasteiger partial charge in [0.1, 0.15) is 15.7 Å². The van der Waals surface area contributed by atoms with E-state index < -0.39 is 9.84 Å². The fraction of sp³-hybridized carbons (Fsp3) is 0.500. The smallest absolute Gasteiger partial charge is 0.147 e. The molecule has 1 heterocycles. The molecule has 0 unspecified atom stereocenters. The van der Waals surface area contributed by atoms with Crippen LogP contribution >= 0.6 is 15.9 Å². The zero-order valence-corrected chi connectivity index (χ0v) is 11.7. The van der Waals surface area contributed by atoms with Crippen LogP contribution in [0.15, 0.2) is 16.7 Å². The number of aromatic nitrogens is 1. The SMILES string of the molecule is Cc1cc(NCCCS(C)(=O)=O)ncc1Br. The van der Waals surface area contributed by atoms with Crippen molar-refractivity contribution in [1.82, 2.24) is 4.98 Å². The number of hydrogen-bond acceptors (Lipinski definition) is 4. The van der Waals surface area contributed by atoms with E-state index >= 15 is 0 Å². The molecular formula is C10H15BrN2O2S. The van der Waals surface area contributed by atoms with Gasteiger partial charge >= 0.3 is 0 Å². The van der Waals surface area contributed by atoms with Crippen LogP contribution in [0.25, 0.3) is 0 Å². The highest BCUT2D eigenvalue weighted by molar-refractivity contribution is 9.10. The Kier molecular flexibility index (Phi) is 4.73. The summed E-state index contributed by atoms with van der Waals surface area (Å²) in [6.07, 6.45) is 3.57. The average Bonchev–Trinajstić information content (AvgIpc) is 2.17. The third-order valence-corrected chi connectivity index (χ3v) is 3.91. The van der Waals surface area contributed by atoms with Crippen molar-refractivity contribution >= 4 is 31.6 Å². The van der Waals surface area contributed by atoms with Crippen molar-refractivity contribution in [2.45, 2.75) is 13.3 Å². The second-order valence-corrected chi connectivity index (χ2v) is 6.84. The standard InChI is InChI=1S/C10H15BrN2O2S/c1-8-6-10(13-7-9(8)11)12-4-3-5-16(2,14)15/h6-7H,3-5H2,1-2H3,(H,12,13). The van der Waals surface area contributed by atoms with Crippen molar-refractivity contribution in [2.24, 2.45) is 0 Å². The van der Waals surface area contributed by atoms with Gasteiger partial charge in [-0.2, -0.15) is 0 Å². The maximum absolute atomic E-state index is 10.9. The fourth-order valence-electron chi connectivity index (χ4n) is 1.19. The second-order valence-electron chi connectivity index (χ2n) is 3.73. The van der Waals surface area contributed by atoms with Gasteiger partial charge in [0, 0.05) is 23.5 Å². The van der Waals surface area contributed by atoms with Crippen molar-refractivity contribution in [3.05, 3.63) is 22.3 Å². The number of nitrogens with zero attached hydrogens (tertiary/aromatic N) is 1. The van der Waals surface area contributed by atoms with Gasteiger partial charge in [-0.25, -0.2) is 13.4 Å². The Labute approximate surface area is 105 Å². The maximum atomic E-state index is 10.9. The normalized spacial score (nSPS) is 11.4. The van der Waals surface area contributed by atoms with E-state index in [2.05, 4.69) is 26.2 Å². The van der Waals surface area contributed by atoms with Gasteiger partial charge in [0.25, 0.3) is 0 Å². The van der Waals surface area contributed by atoms with Gasteiger partial charge < -0.3 is 5.32 Å². The minimum Gasteiger partial charge on any atom is -0.370 e. The summed E-state index contributed by atoms with van der Waals surface area (Å²) >= 11 is 3.37. The molecule has 1 rings (SSSR count). The van der Waals surface area contributed by atoms with Gasteiger partial charge in [-0.15, -0.1) is 0 Å². The quantitative estimate of drug-likeness (QED) is 0.845. The minimum atomic E-state index is -2.86. The van der Waals surface area contributed by atoms with Crippen molar-refractivity contribution in [2.75, 3.05) is 23.9 Å². The lowest BCUT2D eigenvalue weighted by Crippen LogP contribution is -2.10. The summed E-state index contributed by atoms with van der Waals surface area (Å²) in [5, 5.41) is 3.09. The predicted octanol–water partition coefficient (Wildman–Crippen LogP) is 2.00. The number of rotatable bonds is 5. The third-order valence-electron chi connectivity index (χ3n) is 2.04. The molecule has 1 N–H and O–H groups in total. The average molecular weight is 307 g/mol. The van der Waals surface area contributed by atoms with Crippen LogP contribution in [-0.2, 0) is 9.84 Å². The highest BCUT2D eigenvalue weighted by atomic mass is 79.9. The number of anilines is 1. The Morgan fingerprint density at radius 3 is 2.75 bits per heavy atom. The lowest BCUT2D eigenvalue weighted by Gasteiger charge is -2.06. The summed E-state index contributed by atoms with van der Waals surface area (Å²) in [6, 6.07) is 1.92. The summed E-state index contributed by atoms with van der Waals surface area (Å²) in [7, 11) is -2.86. The largest absolute Gasteiger partial charge is 0.370 e. The van der Waals surface area contributed by atoms with Gasteiger partial charge in [0.05, 0.1) is 5.75 Å². The van der Waals surface area contributed by atoms with Crippen LogP contribution < -0.4 is 5.32 Å². The number of hydrogen-bond donors (Lipinski definition) is 1. The Hall–Kier alpha value is -0.620. The van der Waals surface area contributed by atoms with Gasteiger partial charge in [-0.1, -0.05) is 0 Å². The van der Waals surface area contributed by atoms with Crippen LogP contribution in [0.4, 0.5) is 5.82 Å². The molecule has 4 nitrogen and oxygen atoms in total. The Balaban J connectivity index is 2.41. The maximum Gasteiger partial charge on any atom is 0.147 e. The van der Waals surface area contributed by atoms with Gasteiger partial charge in [-0.05, 0) is 40.9 Å². The number of nitrogens with one attached hydrogen (secondary N) is 1. The van der Waals surface area contributed by atoms with E-state index in [1.54, 1.807) is 6.20 Å². The number of halogens is 1. The second kappa shape index (κ2) is 5.63. The molecule has 0 saturated carbocycles. The first-order valence-electron chi connectivity index (χ1n) is 4.92. The van der Waals surface area contributed by atoms with Crippen LogP contribution in [0.5, 0.6) is 0 Å². The van der Waals surface area contributed by atoms with Gasteiger partial charge in [-0.3, -0.25) is 0 Å². The molecule has 16 heavy (non-hydrogen) atoms. The summed E-state index contributed by atoms with van der Waals surface area (Å²) in [5.74, 6) is 0.976. The molecule has 0 spiro atoms. The summed E-state index contributed by atoms with van der Waals surface area (Å²) < 4.78 is 22.8. The van der Waals surface area contributed by atoms with E-state index in [0.717, 1.165) is 15.9 Å². The molecule has 0 aliphatic carbocycles. The molecular weight excluding hydrogens is 292 g/mol. The van der Waals surface area contributed by atoms with E-state index in [4.69, 9.17) is 0 Å². The van der Waals surface area contributed by atoms with Crippen LogP contribution in [-0.4, -0.2) is 32.0 Å². The highest BCUT2D eigenvalue weighted by Gasteiger charge is 2.02. The van der Waals surface area contributed by atoms with E-state index in [0.29, 0.717) is 13.0 Å². The van der Waals surface area contributed by atoms with Crippen LogP contribution in [0.3, 0.4) is 0 Å². The molecule has 0 radical (unpaired) electrons. The Bertz CT molecular complexity index is 460. The fourth-order valence-corrected chi connectivity index (χ4v) is 2.07. The summed E-state index contributed by atoms with van der Waals surface area (Å²) in [4.78, 5) is 4.17. The first-order chi connectivity index (χ1) is 7.38. The predicted molar refractivity (Wildman–Crippen MR) is 69.5 cm³/mol. The first kappa shape index (κ1) is 13.4. The van der Waals surface area contributed by atoms with Gasteiger partial charge in [0.15, 0.2) is 0 Å². The molecule has 0 aromatic carbocycles. The molecule has 0 aliphatic heterocycles. The molecule has 0 atom stereocenters. The van der Waals surface area contributed by atoms with Crippen LogP contribution in [0.1, 0.15) is 12.0 Å². The first-order valence-corrected chi connectivity index (χ1v) is 7.77. The van der Waals surface area contributed by atoms with Crippen LogP contribution in [0, 0.1) is 6.92 Å². The van der Waals surface area contributed by atoms with Crippen LogP contribution in [0.2, 0.25) is 0 Å². The van der Waals surface area contributed by atoms with Crippen molar-refractivity contribution in [3.8, 4) is 0 Å². The highest BCUT2D eigenvalue weighted by Crippen LogP contribution is 2.16. The molecule has 0 bridgehead atoms. The number of sulfone groups is 1. The Morgan fingerprint density at radius 1 is 1.50 bits per heavy atom. The molecule has 1 aromatic heterocycles. The van der Waals surface area contributed by atoms with Crippen molar-refractivity contribution < 1.29 is 8.42 Å². The molecule has 6 heteroatoms. The number of pyridine rings is 1. The number of aryl methyl sites for hydroxylation is 1. The molecule has 0 aliphatic rings. The monoisotopic (exact) mass is 306 g/mol. The molecule has 0 fully saturated rings. The lowest BCUT2D eigenvalue weighted by molar-refractivity contribution is 0.600. The summed E-state index contributed by atoms with van der Waals surface area (Å²) in [5.41, 5.74) is 1.10. The minimum absolute atomic E-state index is 0.204. The zero-order valence-electron chi connectivity index (χ0n) is 9.33. The van der Waals surface area contributed by atoms with Crippen molar-refractivity contribution in [1.29, 1.82) is 0 Å². The Morgan fingerprint density at radius 2 is 2.19 bits per heavy atom. The van der Waals surface area contributed by atoms with Crippen molar-refractivity contribution in [3.63, 3.8) is 0 Å². The molecule has 0 amide bonds. The third kappa shape index (κ3) is 4.94. The van der Waals surface area contributed by atoms with Gasteiger partial charge in [0.2, 0.25) is 0 Å².